The van der Waals surface area contributed by atoms with Gasteiger partial charge in [-0.1, -0.05) is 0 Å². The third-order valence-corrected chi connectivity index (χ3v) is 13.1. The van der Waals surface area contributed by atoms with E-state index in [9.17, 15) is 52.7 Å². The van der Waals surface area contributed by atoms with Crippen LogP contribution < -0.4 is 0 Å². The molecule has 1 rings (SSSR count). The molecule has 0 unspecified atom stereocenters. The van der Waals surface area contributed by atoms with E-state index in [0.29, 0.717) is 11.8 Å². The van der Waals surface area contributed by atoms with Crippen molar-refractivity contribution < 1.29 is 94.1 Å². The number of halogens is 12. The standard InChI is InChI=1S/C12H17N.2C4H4F6O.C4H10O3Si.W/c1-8(2)10-6-5-7-11(9(3)4)12(10)13;2*1-2(11,3(5,6)7)4(8,9)10;1-5-8(4,6-2)7-3;/h5-9H,1-4H3;2*11H,1H3;4H,1-3H3;. The first kappa shape index (κ1) is 44.9. The van der Waals surface area contributed by atoms with Crippen molar-refractivity contribution in [2.45, 2.75) is 89.3 Å². The Hall–Kier alpha value is -1.24. The van der Waals surface area contributed by atoms with Gasteiger partial charge in [0.05, 0.1) is 0 Å². The first-order chi connectivity index (χ1) is 19.4. The molecule has 2 N–H and O–H groups in total. The van der Waals surface area contributed by atoms with Crippen molar-refractivity contribution in [3.05, 3.63) is 29.3 Å². The summed E-state index contributed by atoms with van der Waals surface area (Å²) < 4.78 is 160. The summed E-state index contributed by atoms with van der Waals surface area (Å²) in [7, 11) is 2.30. The molecule has 0 spiro atoms. The summed E-state index contributed by atoms with van der Waals surface area (Å²) in [6.07, 6.45) is -22.8. The normalized spacial score (nSPS) is 13.6. The summed E-state index contributed by atoms with van der Waals surface area (Å²) in [6.45, 7) is 8.17. The third kappa shape index (κ3) is 12.2. The summed E-state index contributed by atoms with van der Waals surface area (Å²) in [5, 5.41) is 15.9. The molecule has 1 aromatic rings. The van der Waals surface area contributed by atoms with Gasteiger partial charge < -0.3 is 10.2 Å². The van der Waals surface area contributed by atoms with Crippen LogP contribution in [0.5, 0.6) is 0 Å². The van der Waals surface area contributed by atoms with Crippen LogP contribution in [0.15, 0.2) is 21.7 Å². The molecular weight excluding hydrogens is 822 g/mol. The van der Waals surface area contributed by atoms with E-state index >= 15 is 0 Å². The van der Waals surface area contributed by atoms with Crippen LogP contribution in [0.2, 0.25) is 0 Å². The Balaban J connectivity index is 0. The fraction of sp³-hybridized carbons (Fsp3) is 0.708. The van der Waals surface area contributed by atoms with E-state index < -0.39 is 62.6 Å². The van der Waals surface area contributed by atoms with Crippen molar-refractivity contribution in [3.8, 4) is 0 Å². The van der Waals surface area contributed by atoms with Crippen LogP contribution in [0.4, 0.5) is 58.4 Å². The molecule has 6 nitrogen and oxygen atoms in total. The van der Waals surface area contributed by atoms with Crippen LogP contribution in [0, 0.1) is 0 Å². The van der Waals surface area contributed by atoms with Crippen LogP contribution in [0.1, 0.15) is 64.5 Å². The quantitative estimate of drug-likeness (QED) is 0.217. The molecule has 0 aliphatic carbocycles. The van der Waals surface area contributed by atoms with Gasteiger partial charge in [0.2, 0.25) is 0 Å². The maximum absolute atomic E-state index is 11.4. The molecule has 0 fully saturated rings. The second-order valence-electron chi connectivity index (χ2n) is 9.76. The molecule has 0 aliphatic rings. The van der Waals surface area contributed by atoms with Crippen molar-refractivity contribution in [2.24, 2.45) is 3.50 Å². The summed E-state index contributed by atoms with van der Waals surface area (Å²) >= 11 is -1.12. The molecule has 260 valence electrons. The Bertz CT molecular complexity index is 989. The predicted molar refractivity (Wildman–Crippen MR) is 135 cm³/mol. The Morgan fingerprint density at radius 1 is 0.659 bits per heavy atom. The average Bonchev–Trinajstić information content (AvgIpc) is 2.85. The minimum absolute atomic E-state index is 0.340. The minimum atomic E-state index is -5.69. The molecular formula is C24H35F12NO5SiW. The molecule has 0 saturated heterocycles. The van der Waals surface area contributed by atoms with Crippen molar-refractivity contribution >= 4 is 18.5 Å². The molecule has 0 heterocycles. The first-order valence-corrected chi connectivity index (χ1v) is 16.9. The van der Waals surface area contributed by atoms with Gasteiger partial charge in [-0.3, -0.25) is 0 Å². The van der Waals surface area contributed by atoms with E-state index in [2.05, 4.69) is 49.9 Å². The van der Waals surface area contributed by atoms with Crippen molar-refractivity contribution in [1.82, 2.24) is 0 Å². The molecule has 1 aromatic carbocycles. The van der Waals surface area contributed by atoms with E-state index in [1.807, 2.05) is 0 Å². The average molecular weight is 857 g/mol. The molecule has 0 atom stereocenters. The molecule has 0 aliphatic heterocycles. The molecule has 0 amide bonds. The fourth-order valence-corrected chi connectivity index (χ4v) is 9.65. The monoisotopic (exact) mass is 857 g/mol. The van der Waals surface area contributed by atoms with Crippen LogP contribution in [0.25, 0.3) is 0 Å². The second-order valence-corrected chi connectivity index (χ2v) is 16.4. The van der Waals surface area contributed by atoms with Crippen LogP contribution in [-0.4, -0.2) is 80.3 Å². The zero-order valence-corrected chi connectivity index (χ0v) is 28.9. The first-order valence-electron chi connectivity index (χ1n) is 12.1. The Morgan fingerprint density at radius 2 is 0.932 bits per heavy atom. The topological polar surface area (TPSA) is 80.5 Å². The Kier molecular flexibility index (Phi) is 16.9. The molecule has 0 radical (unpaired) electrons. The van der Waals surface area contributed by atoms with E-state index in [1.165, 1.54) is 16.8 Å². The number of nitrogens with zero attached hydrogens (tertiary/aromatic N) is 1. The number of alkyl halides is 12. The van der Waals surface area contributed by atoms with Gasteiger partial charge in [-0.25, -0.2) is 0 Å². The summed E-state index contributed by atoms with van der Waals surface area (Å²) in [5.74, 6) is 0.927. The van der Waals surface area contributed by atoms with E-state index in [1.54, 1.807) is 21.3 Å². The van der Waals surface area contributed by atoms with Crippen LogP contribution in [0.3, 0.4) is 0 Å². The summed E-state index contributed by atoms with van der Waals surface area (Å²) in [5.41, 5.74) is -5.45. The fourth-order valence-electron chi connectivity index (χ4n) is 2.48. The molecule has 0 saturated carbocycles. The van der Waals surface area contributed by atoms with Gasteiger partial charge >= 0.3 is 168 Å². The van der Waals surface area contributed by atoms with Gasteiger partial charge in [-0.15, -0.1) is 0 Å². The van der Waals surface area contributed by atoms with Gasteiger partial charge in [0.15, 0.2) is 0 Å². The van der Waals surface area contributed by atoms with Crippen molar-refractivity contribution in [1.29, 1.82) is 0 Å². The van der Waals surface area contributed by atoms with E-state index in [4.69, 9.17) is 27.0 Å². The number of rotatable bonds is 7. The van der Waals surface area contributed by atoms with Crippen LogP contribution in [-0.2, 0) is 31.2 Å². The molecule has 0 bridgehead atoms. The Labute approximate surface area is 256 Å². The number of benzene rings is 1. The third-order valence-electron chi connectivity index (χ3n) is 5.74. The second kappa shape index (κ2) is 16.5. The molecule has 20 heteroatoms. The molecule has 44 heavy (non-hydrogen) atoms. The Morgan fingerprint density at radius 3 is 1.11 bits per heavy atom. The van der Waals surface area contributed by atoms with Gasteiger partial charge in [-0.05, 0) is 13.8 Å². The van der Waals surface area contributed by atoms with Gasteiger partial charge in [0.25, 0.3) is 11.2 Å². The van der Waals surface area contributed by atoms with Crippen LogP contribution >= 0.6 is 0 Å². The molecule has 0 aromatic heterocycles. The van der Waals surface area contributed by atoms with Crippen molar-refractivity contribution in [2.75, 3.05) is 21.3 Å². The number of aliphatic hydroxyl groups is 2. The van der Waals surface area contributed by atoms with E-state index in [-0.39, 0.29) is 13.8 Å². The number of hydrogen-bond donors (Lipinski definition) is 2. The summed E-state index contributed by atoms with van der Waals surface area (Å²) in [6, 6.07) is 6.50. The van der Waals surface area contributed by atoms with Gasteiger partial charge in [0.1, 0.15) is 0 Å². The van der Waals surface area contributed by atoms with Crippen molar-refractivity contribution in [3.63, 3.8) is 0 Å². The maximum atomic E-state index is 11.4. The van der Waals surface area contributed by atoms with Gasteiger partial charge in [0, 0.05) is 0 Å². The zero-order chi connectivity index (χ0) is 35.8. The predicted octanol–water partition coefficient (Wildman–Crippen LogP) is 7.77. The number of hydrogen-bond acceptors (Lipinski definition) is 6. The SMILES string of the molecule is CC(O)(C(F)(F)F)C(F)(F)F.CC(O)(C(F)(F)F)C(F)(F)F.CO[Si]([CH]=[W]=[N]c1c(C(C)C)cccc1C(C)C)(OC)OC. The van der Waals surface area contributed by atoms with Gasteiger partial charge in [-0.2, -0.15) is 52.7 Å². The summed E-state index contributed by atoms with van der Waals surface area (Å²) in [4.78, 5) is 0. The van der Waals surface area contributed by atoms with E-state index in [0.717, 1.165) is 0 Å². The zero-order valence-electron chi connectivity index (χ0n) is 25.0.